The third-order valence-electron chi connectivity index (χ3n) is 22.0. The van der Waals surface area contributed by atoms with Gasteiger partial charge in [-0.2, -0.15) is 0 Å². The number of hydrogen-bond acceptors (Lipinski definition) is 20. The van der Waals surface area contributed by atoms with Gasteiger partial charge in [0.2, 0.25) is 6.10 Å². The van der Waals surface area contributed by atoms with Crippen LogP contribution in [0.3, 0.4) is 0 Å². The number of fused-ring (bicyclic) bond motifs is 1. The van der Waals surface area contributed by atoms with E-state index < -0.39 is 54.4 Å². The molecule has 1 N–H and O–H groups in total. The average Bonchev–Trinajstić information content (AvgIpc) is 1.71. The van der Waals surface area contributed by atoms with Gasteiger partial charge in [-0.1, -0.05) is 23.7 Å². The Bertz CT molecular complexity index is 3650. The van der Waals surface area contributed by atoms with Gasteiger partial charge in [0, 0.05) is 91.4 Å². The number of unbranched alkanes of at least 4 members (excludes halogenated alkanes) is 6. The van der Waals surface area contributed by atoms with Crippen LogP contribution >= 0.6 is 132 Å². The fraction of sp³-hybridized carbons (Fsp3) is 0.682. The molecule has 7 aromatic rings. The molecule has 11 rings (SSSR count). The molecule has 1 atom stereocenters. The Hall–Kier alpha value is -0.843. The number of anilines is 3. The Morgan fingerprint density at radius 1 is 0.522 bits per heavy atom. The number of benzene rings is 2. The molecule has 28 heteroatoms. The molecular weight excluding hydrogens is 2000 g/mol. The third kappa shape index (κ3) is 33.1. The average molecular weight is 2140 g/mol. The Balaban J connectivity index is 0.000000223. The Kier molecular flexibility index (Phi) is 47.0. The first kappa shape index (κ1) is 101. The number of rotatable bonds is 31. The van der Waals surface area contributed by atoms with E-state index >= 15 is 0 Å². The number of aromatic nitrogens is 5. The van der Waals surface area contributed by atoms with Crippen molar-refractivity contribution in [3.8, 4) is 11.1 Å². The normalized spacial score (nSPS) is 16.0. The molecule has 4 aliphatic heterocycles. The van der Waals surface area contributed by atoms with E-state index in [1.165, 1.54) is 165 Å². The molecule has 9 heterocycles. The van der Waals surface area contributed by atoms with Crippen molar-refractivity contribution in [2.45, 2.75) is 264 Å². The predicted octanol–water partition coefficient (Wildman–Crippen LogP) is 23.3. The van der Waals surface area contributed by atoms with E-state index in [9.17, 15) is 4.79 Å². The van der Waals surface area contributed by atoms with Crippen LogP contribution in [0.25, 0.3) is 21.3 Å². The Morgan fingerprint density at radius 2 is 0.885 bits per heavy atom. The second-order valence-electron chi connectivity index (χ2n) is 32.7. The van der Waals surface area contributed by atoms with Gasteiger partial charge < -0.3 is 15.0 Å². The van der Waals surface area contributed by atoms with Gasteiger partial charge in [-0.25, -0.2) is 15.0 Å². The van der Waals surface area contributed by atoms with Crippen LogP contribution < -0.4 is 27.4 Å². The van der Waals surface area contributed by atoms with Crippen LogP contribution in [0.1, 0.15) is 212 Å². The van der Waals surface area contributed by atoms with Crippen LogP contribution in [0.2, 0.25) is 31.6 Å². The summed E-state index contributed by atoms with van der Waals surface area (Å²) in [6, 6.07) is 12.2. The number of halogens is 5. The molecule has 634 valence electrons. The van der Waals surface area contributed by atoms with Crippen molar-refractivity contribution in [2.24, 2.45) is 0 Å². The van der Waals surface area contributed by atoms with Gasteiger partial charge in [-0.3, -0.25) is 14.2 Å². The number of hydrogen-bond donors (Lipinski definition) is 1. The zero-order chi connectivity index (χ0) is 82.8. The monoisotopic (exact) mass is 2140 g/mol. The molecule has 4 fully saturated rings. The number of carbonyl (C=O) groups excluding carboxylic acids is 2. The van der Waals surface area contributed by atoms with Gasteiger partial charge in [0.05, 0.1) is 20.6 Å². The summed E-state index contributed by atoms with van der Waals surface area (Å²) in [5.41, 5.74) is 3.72. The van der Waals surface area contributed by atoms with Crippen molar-refractivity contribution in [2.75, 3.05) is 119 Å². The van der Waals surface area contributed by atoms with Crippen molar-refractivity contribution in [1.82, 2.24) is 49.8 Å². The van der Waals surface area contributed by atoms with E-state index in [2.05, 4.69) is 233 Å². The minimum absolute atomic E-state index is 0.545. The number of nitrogens with one attached hydrogen (secondary N) is 1. The Morgan fingerprint density at radius 3 is 1.19 bits per heavy atom. The maximum atomic E-state index is 12.7. The van der Waals surface area contributed by atoms with Crippen LogP contribution in [0.15, 0.2) is 68.9 Å². The molecule has 4 saturated heterocycles. The second-order valence-corrected chi connectivity index (χ2v) is 67.8. The molecular formula is C85H139Br4ClN13O3S5Sn2+. The summed E-state index contributed by atoms with van der Waals surface area (Å²) in [6.07, 6.45) is 15.6. The van der Waals surface area contributed by atoms with Crippen LogP contribution in [0.5, 0.6) is 0 Å². The fourth-order valence-corrected chi connectivity index (χ4v) is 55.8. The van der Waals surface area contributed by atoms with E-state index in [0.717, 1.165) is 126 Å². The van der Waals surface area contributed by atoms with Crippen molar-refractivity contribution in [1.29, 1.82) is 0 Å². The molecule has 0 saturated carbocycles. The second kappa shape index (κ2) is 52.6. The SMILES string of the molecule is Brc1csc(Br)n1.C=[O+]C(=O)[C@@H](OC(C)(C)C)c1c(C)cc2nc(Br)sc2c1-c1ccc(Cl)cc1.CC(C)N1CCN(c2nc(Br)cs2)CC1.CC(C)N1CCNCC1.CCC[CH2][Sn]([CH2]CCC)([CH2]CCC)[c]1csc(N2CCN(C(C)C)CC2)n1.CCC[CH2][Sn]([CH2]CCC)([CH2]CCC)[c]1csc(N2CCN(C(C)C)CC2)n1. The zero-order valence-corrected chi connectivity index (χ0v) is 88.7. The number of piperazine rings is 4. The predicted molar refractivity (Wildman–Crippen MR) is 515 cm³/mol. The van der Waals surface area contributed by atoms with Gasteiger partial charge in [0.1, 0.15) is 9.21 Å². The van der Waals surface area contributed by atoms with Gasteiger partial charge in [-0.15, -0.1) is 34.0 Å². The van der Waals surface area contributed by atoms with E-state index in [-0.39, 0.29) is 0 Å². The molecule has 0 unspecified atom stereocenters. The number of nitrogens with zero attached hydrogens (tertiary/aromatic N) is 12. The number of thiazole rings is 5. The topological polar surface area (TPSA) is 137 Å². The molecule has 0 radical (unpaired) electrons. The van der Waals surface area contributed by atoms with Gasteiger partial charge >= 0.3 is 361 Å². The molecule has 16 nitrogen and oxygen atoms in total. The standard InChI is InChI=1S/C21H20BrClNO3S.C10H16BrN3S.2C10H16N3S.C7H16N2.6C4H9.C3HBr2NS.2Sn/c1-11-10-14-18(28-20(22)24-14)16(12-6-8-13(23)9-7-12)15(11)17(19(25)26-5)27-21(2,3)4;1-8(2)13-3-5-14(6-4-13)10-12-9(11)7-15-10;2*1-9(2)12-4-6-13(7-5-12)10-11-3-8-14-10;1-7(2)9-5-3-8-4-6-9;6*1-3-4-2;4-2-1-7-3(5)6-2;;/h6-10,17H,5H2,1-4H3;7-8H,3-6H2,1-2H3;2*8-9H,4-7H2,1-2H3;7-8H,3-6H2,1-2H3;6*1,3-4H2,2H3;1H;;/q+1;;;;;;;;;;;;;/t17-;;;;;;;;;;;;;/m0............./s1. The van der Waals surface area contributed by atoms with E-state index in [1.54, 1.807) is 30.1 Å². The number of carbonyl (C=O) groups is 1. The summed E-state index contributed by atoms with van der Waals surface area (Å²) >= 11 is 23.3. The van der Waals surface area contributed by atoms with Crippen molar-refractivity contribution >= 4 is 215 Å². The Labute approximate surface area is 749 Å². The van der Waals surface area contributed by atoms with Gasteiger partial charge in [-0.05, 0) is 148 Å². The van der Waals surface area contributed by atoms with Crippen molar-refractivity contribution < 1.29 is 14.0 Å². The summed E-state index contributed by atoms with van der Waals surface area (Å²) < 4.78 is 27.8. The maximum absolute atomic E-state index is 12.7. The van der Waals surface area contributed by atoms with Crippen molar-refractivity contribution in [3.05, 3.63) is 85.0 Å². The molecule has 2 aromatic carbocycles. The van der Waals surface area contributed by atoms with Gasteiger partial charge in [0.25, 0.3) is 0 Å². The molecule has 0 amide bonds. The molecule has 4 aliphatic rings. The molecule has 113 heavy (non-hydrogen) atoms. The summed E-state index contributed by atoms with van der Waals surface area (Å²) in [5.74, 6) is -0.545. The zero-order valence-electron chi connectivity index (χ0n) is 71.9. The first-order chi connectivity index (χ1) is 54.0. The summed E-state index contributed by atoms with van der Waals surface area (Å²) in [5, 5.41) is 16.7. The summed E-state index contributed by atoms with van der Waals surface area (Å²) in [4.78, 5) is 54.0. The van der Waals surface area contributed by atoms with Crippen LogP contribution in [-0.2, 0) is 14.0 Å². The molecule has 0 spiro atoms. The number of aryl methyl sites for hydroxylation is 1. The van der Waals surface area contributed by atoms with E-state index in [1.807, 2.05) is 91.5 Å². The van der Waals surface area contributed by atoms with E-state index in [4.69, 9.17) is 30.7 Å². The minimum atomic E-state index is -2.35. The first-order valence-corrected chi connectivity index (χ1v) is 65.0. The molecule has 0 aliphatic carbocycles. The van der Waals surface area contributed by atoms with Crippen LogP contribution in [0, 0.1) is 6.92 Å². The third-order valence-corrected chi connectivity index (χ3v) is 60.6. The van der Waals surface area contributed by atoms with Crippen LogP contribution in [-0.4, -0.2) is 229 Å². The van der Waals surface area contributed by atoms with Gasteiger partial charge in [0.15, 0.2) is 19.8 Å². The summed E-state index contributed by atoms with van der Waals surface area (Å²) in [7, 11) is 0. The first-order valence-electron chi connectivity index (χ1n) is 42.2. The fourth-order valence-electron chi connectivity index (χ4n) is 15.1. The molecule has 5 aromatic heterocycles. The quantitative estimate of drug-likeness (QED) is 0.0326. The van der Waals surface area contributed by atoms with E-state index in [0.29, 0.717) is 23.1 Å². The number of ether oxygens (including phenoxy) is 1. The van der Waals surface area contributed by atoms with Crippen molar-refractivity contribution in [3.63, 3.8) is 0 Å². The molecule has 0 bridgehead atoms. The van der Waals surface area contributed by atoms with Crippen LogP contribution in [0.4, 0.5) is 15.4 Å². The summed E-state index contributed by atoms with van der Waals surface area (Å²) in [6.45, 7) is 62.0.